The molecule has 1 aliphatic rings. The predicted octanol–water partition coefficient (Wildman–Crippen LogP) is 0.787. The smallest absolute Gasteiger partial charge is 0.293 e. The second-order valence-corrected chi connectivity index (χ2v) is 4.41. The first-order valence-corrected chi connectivity index (χ1v) is 6.21. The van der Waals surface area contributed by atoms with Gasteiger partial charge in [-0.3, -0.25) is 4.79 Å². The van der Waals surface area contributed by atoms with Crippen LogP contribution in [0, 0.1) is 0 Å². The Morgan fingerprint density at radius 2 is 2.29 bits per heavy atom. The third-order valence-corrected chi connectivity index (χ3v) is 2.95. The Morgan fingerprint density at radius 1 is 1.53 bits per heavy atom. The summed E-state index contributed by atoms with van der Waals surface area (Å²) < 4.78 is 1.77. The first-order valence-electron chi connectivity index (χ1n) is 6.21. The molecule has 1 aromatic heterocycles. The third kappa shape index (κ3) is 2.66. The Morgan fingerprint density at radius 3 is 2.88 bits per heavy atom. The lowest BCUT2D eigenvalue weighted by atomic mass is 10.4. The van der Waals surface area contributed by atoms with E-state index in [1.54, 1.807) is 17.0 Å². The van der Waals surface area contributed by atoms with E-state index in [0.717, 1.165) is 25.8 Å². The summed E-state index contributed by atoms with van der Waals surface area (Å²) in [5, 5.41) is 9.03. The minimum Gasteiger partial charge on any atom is -0.395 e. The summed E-state index contributed by atoms with van der Waals surface area (Å²) in [7, 11) is 0. The Balaban J connectivity index is 2.28. The second-order valence-electron chi connectivity index (χ2n) is 4.41. The summed E-state index contributed by atoms with van der Waals surface area (Å²) in [5.41, 5.74) is -0.0306. The maximum absolute atomic E-state index is 12.2. The molecular weight excluding hydrogens is 218 g/mol. The first kappa shape index (κ1) is 12.1. The standard InChI is InChI=1S/C12H19N3O2/c1-2-6-14(8-9-16)11-12(17)15(7-5-13-11)10-3-4-10/h5,7,10,16H,2-4,6,8-9H2,1H3. The summed E-state index contributed by atoms with van der Waals surface area (Å²) in [6, 6.07) is 0.363. The van der Waals surface area contributed by atoms with Gasteiger partial charge in [-0.25, -0.2) is 4.98 Å². The highest BCUT2D eigenvalue weighted by Crippen LogP contribution is 2.33. The van der Waals surface area contributed by atoms with E-state index in [1.807, 2.05) is 11.8 Å². The molecule has 1 saturated carbocycles. The van der Waals surface area contributed by atoms with Gasteiger partial charge in [0.1, 0.15) is 0 Å². The van der Waals surface area contributed by atoms with Crippen LogP contribution in [0.15, 0.2) is 17.2 Å². The minimum atomic E-state index is -0.0306. The fourth-order valence-electron chi connectivity index (χ4n) is 1.99. The van der Waals surface area contributed by atoms with E-state index in [2.05, 4.69) is 4.98 Å². The van der Waals surface area contributed by atoms with Crippen LogP contribution in [-0.2, 0) is 0 Å². The molecular formula is C12H19N3O2. The Hall–Kier alpha value is -1.36. The molecule has 0 saturated heterocycles. The summed E-state index contributed by atoms with van der Waals surface area (Å²) in [5.74, 6) is 0.468. The van der Waals surface area contributed by atoms with Crippen LogP contribution in [0.25, 0.3) is 0 Å². The summed E-state index contributed by atoms with van der Waals surface area (Å²) >= 11 is 0. The van der Waals surface area contributed by atoms with E-state index in [0.29, 0.717) is 18.4 Å². The zero-order chi connectivity index (χ0) is 12.3. The molecule has 0 bridgehead atoms. The Bertz CT molecular complexity index is 420. The van der Waals surface area contributed by atoms with Crippen LogP contribution in [0.5, 0.6) is 0 Å². The lowest BCUT2D eigenvalue weighted by Gasteiger charge is -2.21. The van der Waals surface area contributed by atoms with Gasteiger partial charge >= 0.3 is 0 Å². The average Bonchev–Trinajstić information content (AvgIpc) is 3.13. The normalized spacial score (nSPS) is 14.9. The van der Waals surface area contributed by atoms with Crippen molar-refractivity contribution in [1.29, 1.82) is 0 Å². The molecule has 0 amide bonds. The first-order chi connectivity index (χ1) is 8.27. The number of anilines is 1. The molecule has 5 nitrogen and oxygen atoms in total. The zero-order valence-corrected chi connectivity index (χ0v) is 10.2. The molecule has 17 heavy (non-hydrogen) atoms. The van der Waals surface area contributed by atoms with Gasteiger partial charge in [-0.2, -0.15) is 0 Å². The van der Waals surface area contributed by atoms with Crippen molar-refractivity contribution in [3.8, 4) is 0 Å². The van der Waals surface area contributed by atoms with Gasteiger partial charge in [0, 0.05) is 31.5 Å². The van der Waals surface area contributed by atoms with E-state index in [9.17, 15) is 4.79 Å². The second kappa shape index (κ2) is 5.31. The van der Waals surface area contributed by atoms with Gasteiger partial charge in [-0.15, -0.1) is 0 Å². The van der Waals surface area contributed by atoms with Crippen LogP contribution < -0.4 is 10.5 Å². The molecule has 0 aliphatic heterocycles. The number of aliphatic hydroxyl groups excluding tert-OH is 1. The zero-order valence-electron chi connectivity index (χ0n) is 10.2. The van der Waals surface area contributed by atoms with Crippen LogP contribution in [0.4, 0.5) is 5.82 Å². The van der Waals surface area contributed by atoms with E-state index in [4.69, 9.17) is 5.11 Å². The number of aliphatic hydroxyl groups is 1. The van der Waals surface area contributed by atoms with Gasteiger partial charge in [-0.05, 0) is 19.3 Å². The van der Waals surface area contributed by atoms with Crippen molar-refractivity contribution in [3.63, 3.8) is 0 Å². The number of hydrogen-bond donors (Lipinski definition) is 1. The molecule has 0 aromatic carbocycles. The predicted molar refractivity (Wildman–Crippen MR) is 66.4 cm³/mol. The van der Waals surface area contributed by atoms with E-state index in [-0.39, 0.29) is 12.2 Å². The van der Waals surface area contributed by atoms with Gasteiger partial charge in [-0.1, -0.05) is 6.92 Å². The molecule has 0 radical (unpaired) electrons. The molecule has 0 atom stereocenters. The average molecular weight is 237 g/mol. The topological polar surface area (TPSA) is 58.4 Å². The molecule has 0 spiro atoms. The Kier molecular flexibility index (Phi) is 3.78. The molecule has 1 aromatic rings. The number of rotatable bonds is 6. The quantitative estimate of drug-likeness (QED) is 0.794. The van der Waals surface area contributed by atoms with Crippen molar-refractivity contribution < 1.29 is 5.11 Å². The number of nitrogens with zero attached hydrogens (tertiary/aromatic N) is 3. The molecule has 1 N–H and O–H groups in total. The number of hydrogen-bond acceptors (Lipinski definition) is 4. The molecule has 1 fully saturated rings. The largest absolute Gasteiger partial charge is 0.395 e. The van der Waals surface area contributed by atoms with Crippen LogP contribution in [-0.4, -0.2) is 34.4 Å². The van der Waals surface area contributed by atoms with E-state index < -0.39 is 0 Å². The minimum absolute atomic E-state index is 0.0306. The fraction of sp³-hybridized carbons (Fsp3) is 0.667. The summed E-state index contributed by atoms with van der Waals surface area (Å²) in [6.45, 7) is 3.30. The van der Waals surface area contributed by atoms with Gasteiger partial charge in [0.05, 0.1) is 6.61 Å². The molecule has 1 heterocycles. The van der Waals surface area contributed by atoms with Crippen molar-refractivity contribution in [2.45, 2.75) is 32.2 Å². The summed E-state index contributed by atoms with van der Waals surface area (Å²) in [6.07, 6.45) is 6.52. The van der Waals surface area contributed by atoms with Crippen molar-refractivity contribution in [1.82, 2.24) is 9.55 Å². The van der Waals surface area contributed by atoms with Crippen LogP contribution >= 0.6 is 0 Å². The highest BCUT2D eigenvalue weighted by molar-refractivity contribution is 5.35. The highest BCUT2D eigenvalue weighted by atomic mass is 16.3. The van der Waals surface area contributed by atoms with Gasteiger partial charge in [0.25, 0.3) is 5.56 Å². The van der Waals surface area contributed by atoms with Crippen LogP contribution in [0.3, 0.4) is 0 Å². The third-order valence-electron chi connectivity index (χ3n) is 2.95. The molecule has 94 valence electrons. The lowest BCUT2D eigenvalue weighted by molar-refractivity contribution is 0.301. The molecule has 2 rings (SSSR count). The molecule has 0 unspecified atom stereocenters. The fourth-order valence-corrected chi connectivity index (χ4v) is 1.99. The maximum atomic E-state index is 12.2. The van der Waals surface area contributed by atoms with Gasteiger partial charge in [0.15, 0.2) is 5.82 Å². The van der Waals surface area contributed by atoms with Gasteiger partial charge < -0.3 is 14.6 Å². The highest BCUT2D eigenvalue weighted by Gasteiger charge is 2.26. The van der Waals surface area contributed by atoms with Crippen molar-refractivity contribution in [2.24, 2.45) is 0 Å². The van der Waals surface area contributed by atoms with Gasteiger partial charge in [0.2, 0.25) is 0 Å². The van der Waals surface area contributed by atoms with Crippen molar-refractivity contribution in [3.05, 3.63) is 22.7 Å². The molecule has 1 aliphatic carbocycles. The van der Waals surface area contributed by atoms with Crippen molar-refractivity contribution >= 4 is 5.82 Å². The maximum Gasteiger partial charge on any atom is 0.293 e. The van der Waals surface area contributed by atoms with Crippen LogP contribution in [0.2, 0.25) is 0 Å². The number of aromatic nitrogens is 2. The van der Waals surface area contributed by atoms with E-state index >= 15 is 0 Å². The summed E-state index contributed by atoms with van der Waals surface area (Å²) in [4.78, 5) is 18.2. The SMILES string of the molecule is CCCN(CCO)c1nccn(C2CC2)c1=O. The van der Waals surface area contributed by atoms with Crippen molar-refractivity contribution in [2.75, 3.05) is 24.6 Å². The lowest BCUT2D eigenvalue weighted by Crippen LogP contribution is -2.35. The van der Waals surface area contributed by atoms with Crippen LogP contribution in [0.1, 0.15) is 32.2 Å². The Labute approximate surface area is 101 Å². The monoisotopic (exact) mass is 237 g/mol. The molecule has 5 heteroatoms. The van der Waals surface area contributed by atoms with E-state index in [1.165, 1.54) is 0 Å².